The molecular weight excluding hydrogens is 330 g/mol. The lowest BCUT2D eigenvalue weighted by atomic mass is 10.0. The second-order valence-corrected chi connectivity index (χ2v) is 6.29. The maximum atomic E-state index is 12.0. The van der Waals surface area contributed by atoms with Gasteiger partial charge in [-0.25, -0.2) is 9.78 Å². The standard InChI is InChI=1S/C16H15N3O4S/c20-13(17-6-5-14-18-12(8-24-14)16(22)23)7-11-9-3-1-2-4-10(9)15(21)19-11/h1-4,8,11H,5-7H2,(H,17,20)(H,19,21)(H,22,23). The Kier molecular flexibility index (Phi) is 4.57. The Morgan fingerprint density at radius 2 is 2.12 bits per heavy atom. The summed E-state index contributed by atoms with van der Waals surface area (Å²) in [7, 11) is 0. The van der Waals surface area contributed by atoms with Crippen LogP contribution in [-0.2, 0) is 11.2 Å². The van der Waals surface area contributed by atoms with Gasteiger partial charge in [-0.15, -0.1) is 11.3 Å². The summed E-state index contributed by atoms with van der Waals surface area (Å²) in [6.45, 7) is 0.369. The minimum Gasteiger partial charge on any atom is -0.476 e. The average molecular weight is 345 g/mol. The summed E-state index contributed by atoms with van der Waals surface area (Å²) in [5.74, 6) is -1.39. The number of benzene rings is 1. The van der Waals surface area contributed by atoms with Crippen LogP contribution in [0.4, 0.5) is 0 Å². The number of fused-ring (bicyclic) bond motifs is 1. The highest BCUT2D eigenvalue weighted by molar-refractivity contribution is 7.09. The lowest BCUT2D eigenvalue weighted by Gasteiger charge is -2.11. The van der Waals surface area contributed by atoms with Gasteiger partial charge in [0.15, 0.2) is 5.69 Å². The van der Waals surface area contributed by atoms with Crippen LogP contribution in [-0.4, -0.2) is 34.4 Å². The molecule has 2 amide bonds. The van der Waals surface area contributed by atoms with Gasteiger partial charge in [-0.3, -0.25) is 9.59 Å². The van der Waals surface area contributed by atoms with Crippen molar-refractivity contribution in [2.45, 2.75) is 18.9 Å². The van der Waals surface area contributed by atoms with E-state index < -0.39 is 5.97 Å². The highest BCUT2D eigenvalue weighted by Gasteiger charge is 2.29. The van der Waals surface area contributed by atoms with Crippen molar-refractivity contribution in [3.63, 3.8) is 0 Å². The second-order valence-electron chi connectivity index (χ2n) is 5.35. The molecule has 2 aromatic rings. The van der Waals surface area contributed by atoms with Crippen molar-refractivity contribution in [2.24, 2.45) is 0 Å². The highest BCUT2D eigenvalue weighted by Crippen LogP contribution is 2.27. The molecule has 3 rings (SSSR count). The smallest absolute Gasteiger partial charge is 0.355 e. The van der Waals surface area contributed by atoms with Gasteiger partial charge in [-0.05, 0) is 11.6 Å². The largest absolute Gasteiger partial charge is 0.476 e. The Labute approximate surface area is 141 Å². The fourth-order valence-electron chi connectivity index (χ4n) is 2.57. The predicted octanol–water partition coefficient (Wildman–Crippen LogP) is 1.37. The summed E-state index contributed by atoms with van der Waals surface area (Å²) in [6.07, 6.45) is 0.637. The molecule has 1 unspecified atom stereocenters. The molecule has 0 radical (unpaired) electrons. The van der Waals surface area contributed by atoms with Gasteiger partial charge in [0.2, 0.25) is 5.91 Å². The van der Waals surface area contributed by atoms with Crippen LogP contribution in [0.5, 0.6) is 0 Å². The van der Waals surface area contributed by atoms with Crippen LogP contribution < -0.4 is 10.6 Å². The number of carbonyl (C=O) groups is 3. The van der Waals surface area contributed by atoms with Gasteiger partial charge in [-0.2, -0.15) is 0 Å². The maximum absolute atomic E-state index is 12.0. The third-order valence-electron chi connectivity index (χ3n) is 3.71. The molecule has 1 aromatic heterocycles. The van der Waals surface area contributed by atoms with E-state index in [1.54, 1.807) is 12.1 Å². The van der Waals surface area contributed by atoms with E-state index >= 15 is 0 Å². The summed E-state index contributed by atoms with van der Waals surface area (Å²) in [4.78, 5) is 38.6. The summed E-state index contributed by atoms with van der Waals surface area (Å²) in [5, 5.41) is 16.5. The summed E-state index contributed by atoms with van der Waals surface area (Å²) < 4.78 is 0. The molecule has 3 N–H and O–H groups in total. The molecule has 0 bridgehead atoms. The zero-order valence-corrected chi connectivity index (χ0v) is 13.4. The number of nitrogens with zero attached hydrogens (tertiary/aromatic N) is 1. The molecule has 1 atom stereocenters. The maximum Gasteiger partial charge on any atom is 0.355 e. The van der Waals surface area contributed by atoms with Crippen LogP contribution in [0.25, 0.3) is 0 Å². The minimum atomic E-state index is -1.06. The van der Waals surface area contributed by atoms with Gasteiger partial charge in [0, 0.05) is 23.9 Å². The van der Waals surface area contributed by atoms with E-state index in [1.165, 1.54) is 16.7 Å². The summed E-state index contributed by atoms with van der Waals surface area (Å²) >= 11 is 1.25. The van der Waals surface area contributed by atoms with Crippen LogP contribution in [0.1, 0.15) is 43.9 Å². The molecular formula is C16H15N3O4S. The number of carbonyl (C=O) groups excluding carboxylic acids is 2. The molecule has 0 aliphatic carbocycles. The van der Waals surface area contributed by atoms with Gasteiger partial charge in [0.25, 0.3) is 5.91 Å². The highest BCUT2D eigenvalue weighted by atomic mass is 32.1. The first-order chi connectivity index (χ1) is 11.5. The van der Waals surface area contributed by atoms with Crippen molar-refractivity contribution >= 4 is 29.1 Å². The normalized spacial score (nSPS) is 15.7. The molecule has 1 aliphatic heterocycles. The van der Waals surface area contributed by atoms with Gasteiger partial charge in [0.05, 0.1) is 17.5 Å². The van der Waals surface area contributed by atoms with Crippen molar-refractivity contribution in [2.75, 3.05) is 6.54 Å². The number of rotatable bonds is 6. The Balaban J connectivity index is 1.50. The second kappa shape index (κ2) is 6.79. The average Bonchev–Trinajstić information content (AvgIpc) is 3.14. The van der Waals surface area contributed by atoms with Gasteiger partial charge < -0.3 is 15.7 Å². The van der Waals surface area contributed by atoms with E-state index in [4.69, 9.17) is 5.11 Å². The molecule has 8 heteroatoms. The quantitative estimate of drug-likeness (QED) is 0.733. The van der Waals surface area contributed by atoms with E-state index in [9.17, 15) is 14.4 Å². The van der Waals surface area contributed by atoms with Gasteiger partial charge >= 0.3 is 5.97 Å². The SMILES string of the molecule is O=C(CC1NC(=O)c2ccccc21)NCCc1nc(C(=O)O)cs1. The van der Waals surface area contributed by atoms with Crippen LogP contribution in [0.3, 0.4) is 0 Å². The molecule has 0 spiro atoms. The van der Waals surface area contributed by atoms with Crippen molar-refractivity contribution in [1.29, 1.82) is 0 Å². The Bertz CT molecular complexity index is 802. The fourth-order valence-corrected chi connectivity index (χ4v) is 3.34. The van der Waals surface area contributed by atoms with Crippen LogP contribution >= 0.6 is 11.3 Å². The Morgan fingerprint density at radius 1 is 1.33 bits per heavy atom. The number of hydrogen-bond donors (Lipinski definition) is 3. The number of thiazole rings is 1. The van der Waals surface area contributed by atoms with Crippen molar-refractivity contribution in [1.82, 2.24) is 15.6 Å². The lowest BCUT2D eigenvalue weighted by molar-refractivity contribution is -0.121. The van der Waals surface area contributed by atoms with Crippen molar-refractivity contribution < 1.29 is 19.5 Å². The molecule has 124 valence electrons. The van der Waals surface area contributed by atoms with Crippen LogP contribution in [0.2, 0.25) is 0 Å². The zero-order chi connectivity index (χ0) is 17.1. The lowest BCUT2D eigenvalue weighted by Crippen LogP contribution is -2.30. The first-order valence-electron chi connectivity index (χ1n) is 7.39. The topological polar surface area (TPSA) is 108 Å². The monoisotopic (exact) mass is 345 g/mol. The number of aromatic nitrogens is 1. The number of aromatic carboxylic acids is 1. The number of amides is 2. The molecule has 7 nitrogen and oxygen atoms in total. The first-order valence-corrected chi connectivity index (χ1v) is 8.26. The molecule has 0 fully saturated rings. The number of nitrogens with one attached hydrogen (secondary N) is 2. The third kappa shape index (κ3) is 3.43. The first kappa shape index (κ1) is 16.1. The molecule has 0 saturated heterocycles. The van der Waals surface area contributed by atoms with E-state index in [1.807, 2.05) is 12.1 Å². The fraction of sp³-hybridized carbons (Fsp3) is 0.250. The van der Waals surface area contributed by atoms with E-state index in [0.29, 0.717) is 23.5 Å². The zero-order valence-electron chi connectivity index (χ0n) is 12.6. The van der Waals surface area contributed by atoms with Crippen LogP contribution in [0, 0.1) is 0 Å². The molecule has 1 aromatic carbocycles. The summed E-state index contributed by atoms with van der Waals surface area (Å²) in [5.41, 5.74) is 1.47. The number of carboxylic acids is 1. The van der Waals surface area contributed by atoms with E-state index in [-0.39, 0.29) is 30.0 Å². The predicted molar refractivity (Wildman–Crippen MR) is 87.1 cm³/mol. The van der Waals surface area contributed by atoms with E-state index in [0.717, 1.165) is 5.56 Å². The van der Waals surface area contributed by atoms with Crippen molar-refractivity contribution in [3.05, 3.63) is 51.5 Å². The minimum absolute atomic E-state index is 0.0200. The number of carboxylic acid groups (broad SMARTS) is 1. The molecule has 0 saturated carbocycles. The van der Waals surface area contributed by atoms with Crippen LogP contribution in [0.15, 0.2) is 29.6 Å². The molecule has 2 heterocycles. The van der Waals surface area contributed by atoms with Gasteiger partial charge in [-0.1, -0.05) is 18.2 Å². The molecule has 1 aliphatic rings. The van der Waals surface area contributed by atoms with E-state index in [2.05, 4.69) is 15.6 Å². The van der Waals surface area contributed by atoms with Crippen molar-refractivity contribution in [3.8, 4) is 0 Å². The third-order valence-corrected chi connectivity index (χ3v) is 4.62. The summed E-state index contributed by atoms with van der Waals surface area (Å²) in [6, 6.07) is 6.90. The Morgan fingerprint density at radius 3 is 2.88 bits per heavy atom. The van der Waals surface area contributed by atoms with Gasteiger partial charge in [0.1, 0.15) is 0 Å². The molecule has 24 heavy (non-hydrogen) atoms. The number of hydrogen-bond acceptors (Lipinski definition) is 5. The Hall–Kier alpha value is -2.74.